The molecule has 3 rings (SSSR count). The maximum absolute atomic E-state index is 12.4. The Balaban J connectivity index is 1.79. The SMILES string of the molecule is N#Cc1ccccc1-c1ccccc1C(=O)OCC(=O)N1CCOC1=O. The van der Waals surface area contributed by atoms with Gasteiger partial charge in [0.05, 0.1) is 23.7 Å². The molecule has 0 saturated carbocycles. The Labute approximate surface area is 149 Å². The summed E-state index contributed by atoms with van der Waals surface area (Å²) < 4.78 is 9.74. The zero-order chi connectivity index (χ0) is 18.5. The summed E-state index contributed by atoms with van der Waals surface area (Å²) in [6.07, 6.45) is -0.741. The Morgan fingerprint density at radius 2 is 1.81 bits per heavy atom. The first-order valence-electron chi connectivity index (χ1n) is 7.84. The van der Waals surface area contributed by atoms with Crippen molar-refractivity contribution in [1.82, 2.24) is 4.90 Å². The topological polar surface area (TPSA) is 96.7 Å². The van der Waals surface area contributed by atoms with Crippen molar-refractivity contribution in [2.45, 2.75) is 0 Å². The van der Waals surface area contributed by atoms with E-state index in [1.807, 2.05) is 0 Å². The van der Waals surface area contributed by atoms with Crippen molar-refractivity contribution in [3.05, 3.63) is 59.7 Å². The fourth-order valence-electron chi connectivity index (χ4n) is 2.61. The number of nitrogens with zero attached hydrogens (tertiary/aromatic N) is 2. The summed E-state index contributed by atoms with van der Waals surface area (Å²) in [6, 6.07) is 15.6. The summed E-state index contributed by atoms with van der Waals surface area (Å²) in [5.74, 6) is -1.36. The number of carbonyl (C=O) groups is 3. The summed E-state index contributed by atoms with van der Waals surface area (Å²) in [5, 5.41) is 9.27. The Morgan fingerprint density at radius 1 is 1.12 bits per heavy atom. The van der Waals surface area contributed by atoms with Crippen molar-refractivity contribution in [2.75, 3.05) is 19.8 Å². The number of esters is 1. The van der Waals surface area contributed by atoms with E-state index in [1.54, 1.807) is 48.5 Å². The third kappa shape index (κ3) is 3.39. The molecule has 0 unspecified atom stereocenters. The number of rotatable bonds is 4. The van der Waals surface area contributed by atoms with Crippen LogP contribution in [0.25, 0.3) is 11.1 Å². The monoisotopic (exact) mass is 350 g/mol. The molecule has 1 aliphatic heterocycles. The lowest BCUT2D eigenvalue weighted by molar-refractivity contribution is -0.131. The number of amides is 2. The van der Waals surface area contributed by atoms with Gasteiger partial charge in [-0.25, -0.2) is 14.5 Å². The Morgan fingerprint density at radius 3 is 2.50 bits per heavy atom. The maximum Gasteiger partial charge on any atom is 0.416 e. The van der Waals surface area contributed by atoms with E-state index in [0.29, 0.717) is 16.7 Å². The Kier molecular flexibility index (Phi) is 4.94. The molecule has 0 atom stereocenters. The summed E-state index contributed by atoms with van der Waals surface area (Å²) >= 11 is 0. The molecule has 0 aliphatic carbocycles. The van der Waals surface area contributed by atoms with Gasteiger partial charge in [-0.3, -0.25) is 4.79 Å². The van der Waals surface area contributed by atoms with E-state index in [1.165, 1.54) is 0 Å². The normalized spacial score (nSPS) is 13.0. The minimum atomic E-state index is -0.741. The van der Waals surface area contributed by atoms with Gasteiger partial charge in [-0.1, -0.05) is 36.4 Å². The van der Waals surface area contributed by atoms with E-state index in [9.17, 15) is 19.6 Å². The molecule has 0 aromatic heterocycles. The molecule has 1 heterocycles. The Bertz CT molecular complexity index is 916. The van der Waals surface area contributed by atoms with Gasteiger partial charge < -0.3 is 9.47 Å². The van der Waals surface area contributed by atoms with Gasteiger partial charge in [-0.05, 0) is 17.7 Å². The van der Waals surface area contributed by atoms with Crippen LogP contribution in [0.3, 0.4) is 0 Å². The largest absolute Gasteiger partial charge is 0.452 e. The van der Waals surface area contributed by atoms with Gasteiger partial charge >= 0.3 is 12.1 Å². The molecule has 130 valence electrons. The van der Waals surface area contributed by atoms with E-state index in [0.717, 1.165) is 4.90 Å². The van der Waals surface area contributed by atoms with E-state index in [2.05, 4.69) is 10.8 Å². The highest BCUT2D eigenvalue weighted by Gasteiger charge is 2.29. The van der Waals surface area contributed by atoms with Crippen LogP contribution < -0.4 is 0 Å². The van der Waals surface area contributed by atoms with Crippen LogP contribution in [0.4, 0.5) is 4.79 Å². The second kappa shape index (κ2) is 7.49. The number of hydrogen-bond acceptors (Lipinski definition) is 6. The second-order valence-corrected chi connectivity index (χ2v) is 5.44. The number of imide groups is 1. The molecule has 2 aromatic carbocycles. The van der Waals surface area contributed by atoms with E-state index >= 15 is 0 Å². The van der Waals surface area contributed by atoms with Crippen molar-refractivity contribution >= 4 is 18.0 Å². The van der Waals surface area contributed by atoms with Gasteiger partial charge in [0.2, 0.25) is 0 Å². The molecule has 1 aliphatic rings. The van der Waals surface area contributed by atoms with Crippen molar-refractivity contribution < 1.29 is 23.9 Å². The van der Waals surface area contributed by atoms with Crippen LogP contribution >= 0.6 is 0 Å². The number of carbonyl (C=O) groups excluding carboxylic acids is 3. The van der Waals surface area contributed by atoms with Gasteiger partial charge in [-0.2, -0.15) is 5.26 Å². The molecule has 2 amide bonds. The third-order valence-electron chi connectivity index (χ3n) is 3.87. The second-order valence-electron chi connectivity index (χ2n) is 5.44. The first kappa shape index (κ1) is 17.2. The van der Waals surface area contributed by atoms with Crippen LogP contribution in [-0.2, 0) is 14.3 Å². The number of cyclic esters (lactones) is 1. The number of ether oxygens (including phenoxy) is 2. The predicted octanol–water partition coefficient (Wildman–Crippen LogP) is 2.36. The third-order valence-corrected chi connectivity index (χ3v) is 3.87. The van der Waals surface area contributed by atoms with Crippen LogP contribution in [0.2, 0.25) is 0 Å². The van der Waals surface area contributed by atoms with Gasteiger partial charge in [0.15, 0.2) is 6.61 Å². The van der Waals surface area contributed by atoms with Crippen molar-refractivity contribution in [3.63, 3.8) is 0 Å². The van der Waals surface area contributed by atoms with Gasteiger partial charge in [0, 0.05) is 5.56 Å². The van der Waals surface area contributed by atoms with Gasteiger partial charge in [0.1, 0.15) is 6.61 Å². The lowest BCUT2D eigenvalue weighted by Gasteiger charge is -2.13. The number of hydrogen-bond donors (Lipinski definition) is 0. The number of nitriles is 1. The molecular weight excluding hydrogens is 336 g/mol. The predicted molar refractivity (Wildman–Crippen MR) is 89.9 cm³/mol. The van der Waals surface area contributed by atoms with Crippen molar-refractivity contribution in [3.8, 4) is 17.2 Å². The molecule has 1 saturated heterocycles. The number of benzene rings is 2. The molecule has 7 heteroatoms. The summed E-state index contributed by atoms with van der Waals surface area (Å²) in [4.78, 5) is 36.6. The molecule has 0 N–H and O–H groups in total. The highest BCUT2D eigenvalue weighted by Crippen LogP contribution is 2.27. The first-order valence-corrected chi connectivity index (χ1v) is 7.84. The van der Waals surface area contributed by atoms with Gasteiger partial charge in [0.25, 0.3) is 5.91 Å². The van der Waals surface area contributed by atoms with Crippen LogP contribution in [0, 0.1) is 11.3 Å². The molecule has 1 fully saturated rings. The van der Waals surface area contributed by atoms with Crippen LogP contribution in [0.5, 0.6) is 0 Å². The quantitative estimate of drug-likeness (QED) is 0.785. The van der Waals surface area contributed by atoms with Crippen molar-refractivity contribution in [1.29, 1.82) is 5.26 Å². The highest BCUT2D eigenvalue weighted by atomic mass is 16.6. The summed E-state index contributed by atoms with van der Waals surface area (Å²) in [5.41, 5.74) is 1.77. The molecule has 0 bridgehead atoms. The average Bonchev–Trinajstić information content (AvgIpc) is 3.11. The smallest absolute Gasteiger partial charge is 0.416 e. The first-order chi connectivity index (χ1) is 12.6. The maximum atomic E-state index is 12.4. The summed E-state index contributed by atoms with van der Waals surface area (Å²) in [7, 11) is 0. The van der Waals surface area contributed by atoms with Gasteiger partial charge in [-0.15, -0.1) is 0 Å². The van der Waals surface area contributed by atoms with Crippen molar-refractivity contribution in [2.24, 2.45) is 0 Å². The molecular formula is C19H14N2O5. The molecule has 26 heavy (non-hydrogen) atoms. The standard InChI is InChI=1S/C19H14N2O5/c20-11-13-5-1-2-6-14(13)15-7-3-4-8-16(15)18(23)26-12-17(22)21-9-10-25-19(21)24/h1-8H,9-10,12H2. The minimum Gasteiger partial charge on any atom is -0.452 e. The zero-order valence-corrected chi connectivity index (χ0v) is 13.7. The minimum absolute atomic E-state index is 0.131. The fourth-order valence-corrected chi connectivity index (χ4v) is 2.61. The van der Waals surface area contributed by atoms with E-state index in [-0.39, 0.29) is 18.7 Å². The summed E-state index contributed by atoms with van der Waals surface area (Å²) in [6.45, 7) is -0.296. The Hall–Kier alpha value is -3.66. The van der Waals surface area contributed by atoms with E-state index in [4.69, 9.17) is 4.74 Å². The molecule has 7 nitrogen and oxygen atoms in total. The van der Waals surface area contributed by atoms with Crippen LogP contribution in [-0.4, -0.2) is 42.6 Å². The lowest BCUT2D eigenvalue weighted by Crippen LogP contribution is -2.35. The molecule has 2 aromatic rings. The van der Waals surface area contributed by atoms with Crippen LogP contribution in [0.15, 0.2) is 48.5 Å². The zero-order valence-electron chi connectivity index (χ0n) is 13.7. The van der Waals surface area contributed by atoms with E-state index < -0.39 is 24.6 Å². The lowest BCUT2D eigenvalue weighted by atomic mass is 9.96. The molecule has 0 spiro atoms. The fraction of sp³-hybridized carbons (Fsp3) is 0.158. The van der Waals surface area contributed by atoms with Crippen LogP contribution in [0.1, 0.15) is 15.9 Å². The average molecular weight is 350 g/mol. The molecule has 0 radical (unpaired) electrons. The highest BCUT2D eigenvalue weighted by molar-refractivity contribution is 6.00.